The minimum absolute atomic E-state index is 0.00859. The van der Waals surface area contributed by atoms with Crippen LogP contribution in [0, 0.1) is 0 Å². The monoisotopic (exact) mass is 278 g/mol. The van der Waals surface area contributed by atoms with Gasteiger partial charge in [0.15, 0.2) is 15.6 Å². The number of benzene rings is 1. The Morgan fingerprint density at radius 3 is 2.57 bits per heavy atom. The second-order valence-corrected chi connectivity index (χ2v) is 5.52. The highest BCUT2D eigenvalue weighted by atomic mass is 79.9. The molecule has 0 spiro atoms. The molecule has 0 bridgehead atoms. The lowest BCUT2D eigenvalue weighted by molar-refractivity contribution is -0.134. The van der Waals surface area contributed by atoms with Gasteiger partial charge in [0.05, 0.1) is 4.90 Å². The van der Waals surface area contributed by atoms with Gasteiger partial charge in [0.25, 0.3) is 0 Å². The number of halogens is 1. The maximum Gasteiger partial charge on any atom is 0.319 e. The smallest absolute Gasteiger partial charge is 0.319 e. The van der Waals surface area contributed by atoms with Crippen molar-refractivity contribution in [3.05, 3.63) is 28.7 Å². The molecule has 1 N–H and O–H groups in total. The fourth-order valence-corrected chi connectivity index (χ4v) is 2.54. The van der Waals surface area contributed by atoms with Crippen molar-refractivity contribution in [2.75, 3.05) is 5.75 Å². The molecular formula is C8H7BrO4S. The fraction of sp³-hybridized carbons (Fsp3) is 0.125. The molecule has 0 heterocycles. The molecule has 0 amide bonds. The third kappa shape index (κ3) is 2.81. The molecule has 1 aromatic rings. The maximum atomic E-state index is 11.4. The maximum absolute atomic E-state index is 11.4. The van der Waals surface area contributed by atoms with Crippen LogP contribution in [0.25, 0.3) is 0 Å². The molecule has 0 aliphatic rings. The Hall–Kier alpha value is -0.880. The zero-order valence-corrected chi connectivity index (χ0v) is 9.38. The SMILES string of the molecule is O=C(O)CS(=O)(=O)c1cccc(Br)c1. The quantitative estimate of drug-likeness (QED) is 0.905. The molecular weight excluding hydrogens is 272 g/mol. The van der Waals surface area contributed by atoms with Crippen LogP contribution >= 0.6 is 15.9 Å². The third-order valence-corrected chi connectivity index (χ3v) is 3.56. The molecule has 6 heteroatoms. The molecule has 0 fully saturated rings. The highest BCUT2D eigenvalue weighted by Crippen LogP contribution is 2.16. The standard InChI is InChI=1S/C8H7BrO4S/c9-6-2-1-3-7(4-6)14(12,13)5-8(10)11/h1-4H,5H2,(H,10,11). The normalized spacial score (nSPS) is 11.2. The van der Waals surface area contributed by atoms with E-state index in [0.717, 1.165) is 0 Å². The van der Waals surface area contributed by atoms with Crippen LogP contribution in [0.3, 0.4) is 0 Å². The summed E-state index contributed by atoms with van der Waals surface area (Å²) in [6, 6.07) is 5.94. The number of hydrogen-bond donors (Lipinski definition) is 1. The van der Waals surface area contributed by atoms with Crippen LogP contribution in [-0.2, 0) is 14.6 Å². The van der Waals surface area contributed by atoms with Gasteiger partial charge in [-0.25, -0.2) is 8.42 Å². The number of sulfone groups is 1. The van der Waals surface area contributed by atoms with E-state index in [1.54, 1.807) is 12.1 Å². The number of aliphatic carboxylic acids is 1. The number of carboxylic acid groups (broad SMARTS) is 1. The largest absolute Gasteiger partial charge is 0.480 e. The minimum atomic E-state index is -3.71. The molecule has 0 atom stereocenters. The molecule has 76 valence electrons. The first-order valence-electron chi connectivity index (χ1n) is 3.62. The van der Waals surface area contributed by atoms with Gasteiger partial charge in [-0.1, -0.05) is 22.0 Å². The molecule has 0 saturated carbocycles. The third-order valence-electron chi connectivity index (χ3n) is 1.47. The highest BCUT2D eigenvalue weighted by Gasteiger charge is 2.18. The molecule has 1 rings (SSSR count). The van der Waals surface area contributed by atoms with Crippen molar-refractivity contribution in [1.29, 1.82) is 0 Å². The predicted molar refractivity (Wildman–Crippen MR) is 53.8 cm³/mol. The molecule has 1 aromatic carbocycles. The van der Waals surface area contributed by atoms with E-state index in [1.807, 2.05) is 0 Å². The Kier molecular flexibility index (Phi) is 3.28. The van der Waals surface area contributed by atoms with Crippen molar-refractivity contribution in [3.63, 3.8) is 0 Å². The highest BCUT2D eigenvalue weighted by molar-refractivity contribution is 9.10. The molecule has 4 nitrogen and oxygen atoms in total. The van der Waals surface area contributed by atoms with Gasteiger partial charge >= 0.3 is 5.97 Å². The first-order chi connectivity index (χ1) is 6.42. The van der Waals surface area contributed by atoms with Crippen molar-refractivity contribution < 1.29 is 18.3 Å². The molecule has 14 heavy (non-hydrogen) atoms. The Morgan fingerprint density at radius 1 is 1.43 bits per heavy atom. The van der Waals surface area contributed by atoms with Crippen LogP contribution < -0.4 is 0 Å². The fourth-order valence-electron chi connectivity index (χ4n) is 0.906. The number of rotatable bonds is 3. The van der Waals surface area contributed by atoms with E-state index in [1.165, 1.54) is 12.1 Å². The van der Waals surface area contributed by atoms with Gasteiger partial charge in [-0.15, -0.1) is 0 Å². The van der Waals surface area contributed by atoms with E-state index in [0.29, 0.717) is 4.47 Å². The first-order valence-corrected chi connectivity index (χ1v) is 6.06. The van der Waals surface area contributed by atoms with Gasteiger partial charge in [0.1, 0.15) is 0 Å². The van der Waals surface area contributed by atoms with Crippen LogP contribution in [0.1, 0.15) is 0 Å². The van der Waals surface area contributed by atoms with Gasteiger partial charge < -0.3 is 5.11 Å². The molecule has 0 unspecified atom stereocenters. The Balaban J connectivity index is 3.11. The average molecular weight is 279 g/mol. The zero-order chi connectivity index (χ0) is 10.8. The van der Waals surface area contributed by atoms with Gasteiger partial charge in [0, 0.05) is 4.47 Å². The van der Waals surface area contributed by atoms with E-state index >= 15 is 0 Å². The summed E-state index contributed by atoms with van der Waals surface area (Å²) >= 11 is 3.11. The average Bonchev–Trinajstić information content (AvgIpc) is 2.01. The lowest BCUT2D eigenvalue weighted by Crippen LogP contribution is -2.15. The van der Waals surface area contributed by atoms with Crippen LogP contribution in [0.5, 0.6) is 0 Å². The summed E-state index contributed by atoms with van der Waals surface area (Å²) in [6.45, 7) is 0. The van der Waals surface area contributed by atoms with Gasteiger partial charge in [0.2, 0.25) is 0 Å². The van der Waals surface area contributed by atoms with E-state index in [9.17, 15) is 13.2 Å². The van der Waals surface area contributed by atoms with E-state index in [-0.39, 0.29) is 4.90 Å². The van der Waals surface area contributed by atoms with Crippen molar-refractivity contribution in [3.8, 4) is 0 Å². The summed E-state index contributed by atoms with van der Waals surface area (Å²) in [7, 11) is -3.71. The summed E-state index contributed by atoms with van der Waals surface area (Å²) in [5.41, 5.74) is 0. The Bertz CT molecular complexity index is 452. The van der Waals surface area contributed by atoms with Gasteiger partial charge in [-0.3, -0.25) is 4.79 Å². The van der Waals surface area contributed by atoms with Gasteiger partial charge in [-0.05, 0) is 18.2 Å². The van der Waals surface area contributed by atoms with Crippen LogP contribution in [-0.4, -0.2) is 25.2 Å². The summed E-state index contributed by atoms with van der Waals surface area (Å²) in [4.78, 5) is 10.3. The van der Waals surface area contributed by atoms with Crippen molar-refractivity contribution in [2.24, 2.45) is 0 Å². The van der Waals surface area contributed by atoms with Crippen LogP contribution in [0.2, 0.25) is 0 Å². The molecule has 0 aliphatic heterocycles. The van der Waals surface area contributed by atoms with E-state index in [2.05, 4.69) is 15.9 Å². The number of carbonyl (C=O) groups is 1. The lowest BCUT2D eigenvalue weighted by atomic mass is 10.4. The van der Waals surface area contributed by atoms with Gasteiger partial charge in [-0.2, -0.15) is 0 Å². The molecule has 0 radical (unpaired) electrons. The Morgan fingerprint density at radius 2 is 2.07 bits per heavy atom. The number of carboxylic acids is 1. The summed E-state index contributed by atoms with van der Waals surface area (Å²) in [5.74, 6) is -2.24. The molecule has 0 aliphatic carbocycles. The van der Waals surface area contributed by atoms with Crippen LogP contribution in [0.4, 0.5) is 0 Å². The second-order valence-electron chi connectivity index (χ2n) is 2.61. The van der Waals surface area contributed by atoms with Crippen molar-refractivity contribution in [1.82, 2.24) is 0 Å². The summed E-state index contributed by atoms with van der Waals surface area (Å²) in [6.07, 6.45) is 0. The minimum Gasteiger partial charge on any atom is -0.480 e. The second kappa shape index (κ2) is 4.10. The lowest BCUT2D eigenvalue weighted by Gasteiger charge is -2.01. The topological polar surface area (TPSA) is 71.4 Å². The number of hydrogen-bond acceptors (Lipinski definition) is 3. The zero-order valence-electron chi connectivity index (χ0n) is 6.97. The predicted octanol–water partition coefficient (Wildman–Crippen LogP) is 1.31. The first kappa shape index (κ1) is 11.2. The van der Waals surface area contributed by atoms with E-state index < -0.39 is 21.6 Å². The summed E-state index contributed by atoms with van der Waals surface area (Å²) in [5, 5.41) is 8.39. The van der Waals surface area contributed by atoms with Crippen LogP contribution in [0.15, 0.2) is 33.6 Å². The Labute approximate surface area is 89.6 Å². The van der Waals surface area contributed by atoms with Crippen molar-refractivity contribution >= 4 is 31.7 Å². The summed E-state index contributed by atoms with van der Waals surface area (Å²) < 4.78 is 23.4. The molecule has 0 saturated heterocycles. The van der Waals surface area contributed by atoms with E-state index in [4.69, 9.17) is 5.11 Å². The molecule has 0 aromatic heterocycles. The van der Waals surface area contributed by atoms with Crippen molar-refractivity contribution in [2.45, 2.75) is 4.90 Å².